The van der Waals surface area contributed by atoms with Crippen molar-refractivity contribution in [3.8, 4) is 0 Å². The van der Waals surface area contributed by atoms with E-state index in [9.17, 15) is 22.4 Å². The van der Waals surface area contributed by atoms with Gasteiger partial charge in [-0.3, -0.25) is 4.79 Å². The molecule has 0 bridgehead atoms. The maximum absolute atomic E-state index is 13.1. The minimum absolute atomic E-state index is 0.0812. The van der Waals surface area contributed by atoms with Crippen LogP contribution >= 0.6 is 0 Å². The highest BCUT2D eigenvalue weighted by molar-refractivity contribution is 5.83. The first-order valence-corrected chi connectivity index (χ1v) is 9.71. The van der Waals surface area contributed by atoms with Gasteiger partial charge in [0, 0.05) is 37.8 Å². The van der Waals surface area contributed by atoms with E-state index in [2.05, 4.69) is 0 Å². The van der Waals surface area contributed by atoms with Crippen molar-refractivity contribution in [1.82, 2.24) is 4.90 Å². The number of carbonyl (C=O) groups is 1. The van der Waals surface area contributed by atoms with E-state index in [4.69, 9.17) is 0 Å². The Kier molecular flexibility index (Phi) is 5.00. The third kappa shape index (κ3) is 4.09. The van der Waals surface area contributed by atoms with E-state index in [0.29, 0.717) is 31.9 Å². The van der Waals surface area contributed by atoms with Gasteiger partial charge >= 0.3 is 6.18 Å². The van der Waals surface area contributed by atoms with Crippen LogP contribution in [0.5, 0.6) is 0 Å². The average molecular weight is 406 g/mol. The minimum Gasteiger partial charge on any atom is -0.368 e. The lowest BCUT2D eigenvalue weighted by molar-refractivity contribution is -0.137. The van der Waals surface area contributed by atoms with Crippen LogP contribution in [0.2, 0.25) is 0 Å². The Morgan fingerprint density at radius 3 is 2.28 bits per heavy atom. The molecule has 0 N–H and O–H groups in total. The number of amides is 1. The summed E-state index contributed by atoms with van der Waals surface area (Å²) in [5.74, 6) is -0.160. The van der Waals surface area contributed by atoms with E-state index in [1.807, 2.05) is 4.90 Å². The van der Waals surface area contributed by atoms with Crippen molar-refractivity contribution in [2.75, 3.05) is 31.1 Å². The van der Waals surface area contributed by atoms with E-state index in [1.54, 1.807) is 24.0 Å². The predicted molar refractivity (Wildman–Crippen MR) is 102 cm³/mol. The fraction of sp³-hybridized carbons (Fsp3) is 0.409. The van der Waals surface area contributed by atoms with Crippen LogP contribution in [0, 0.1) is 18.7 Å². The highest BCUT2D eigenvalue weighted by Gasteiger charge is 2.46. The number of anilines is 1. The average Bonchev–Trinajstić information content (AvgIpc) is 3.48. The molecule has 7 heteroatoms. The van der Waals surface area contributed by atoms with Crippen LogP contribution in [0.3, 0.4) is 0 Å². The van der Waals surface area contributed by atoms with Gasteiger partial charge in [0.25, 0.3) is 0 Å². The van der Waals surface area contributed by atoms with Crippen LogP contribution in [0.4, 0.5) is 23.2 Å². The number of rotatable bonds is 3. The second-order valence-corrected chi connectivity index (χ2v) is 7.81. The van der Waals surface area contributed by atoms with Gasteiger partial charge in [0.2, 0.25) is 5.91 Å². The zero-order chi connectivity index (χ0) is 20.8. The third-order valence-corrected chi connectivity index (χ3v) is 5.87. The highest BCUT2D eigenvalue weighted by Crippen LogP contribution is 2.48. The maximum Gasteiger partial charge on any atom is 0.416 e. The van der Waals surface area contributed by atoms with Gasteiger partial charge in [0.1, 0.15) is 5.82 Å². The topological polar surface area (TPSA) is 23.6 Å². The van der Waals surface area contributed by atoms with Crippen LogP contribution in [-0.4, -0.2) is 37.0 Å². The number of hydrogen-bond acceptors (Lipinski definition) is 2. The Morgan fingerprint density at radius 2 is 1.66 bits per heavy atom. The fourth-order valence-corrected chi connectivity index (χ4v) is 4.07. The first-order valence-electron chi connectivity index (χ1n) is 9.71. The first kappa shape index (κ1) is 19.7. The van der Waals surface area contributed by atoms with Crippen molar-refractivity contribution in [2.45, 2.75) is 25.4 Å². The zero-order valence-electron chi connectivity index (χ0n) is 16.0. The van der Waals surface area contributed by atoms with Gasteiger partial charge in [-0.2, -0.15) is 13.2 Å². The van der Waals surface area contributed by atoms with Crippen molar-refractivity contribution in [3.05, 3.63) is 65.0 Å². The molecule has 1 aliphatic carbocycles. The van der Waals surface area contributed by atoms with Crippen LogP contribution in [-0.2, 0) is 11.0 Å². The number of aryl methyl sites for hydroxylation is 1. The van der Waals surface area contributed by atoms with Gasteiger partial charge in [-0.15, -0.1) is 0 Å². The van der Waals surface area contributed by atoms with Crippen LogP contribution < -0.4 is 4.90 Å². The summed E-state index contributed by atoms with van der Waals surface area (Å²) in [6.07, 6.45) is -3.61. The molecule has 1 saturated heterocycles. The monoisotopic (exact) mass is 406 g/mol. The molecule has 1 aliphatic heterocycles. The molecule has 2 aromatic carbocycles. The molecule has 2 fully saturated rings. The second kappa shape index (κ2) is 7.35. The number of alkyl halides is 3. The molecule has 0 spiro atoms. The van der Waals surface area contributed by atoms with E-state index in [-0.39, 0.29) is 23.6 Å². The predicted octanol–water partition coefficient (Wildman–Crippen LogP) is 4.61. The van der Waals surface area contributed by atoms with Crippen molar-refractivity contribution in [3.63, 3.8) is 0 Å². The molecular formula is C22H22F4N2O. The van der Waals surface area contributed by atoms with E-state index < -0.39 is 11.7 Å². The summed E-state index contributed by atoms with van der Waals surface area (Å²) in [7, 11) is 0. The lowest BCUT2D eigenvalue weighted by Gasteiger charge is -2.37. The Morgan fingerprint density at radius 1 is 1.00 bits per heavy atom. The molecule has 1 unspecified atom stereocenters. The molecule has 29 heavy (non-hydrogen) atoms. The SMILES string of the molecule is Cc1ccc(C(F)(F)F)cc1N1CCN(C(=O)[C@@H]2CC2c2ccc(F)cc2)CC1. The summed E-state index contributed by atoms with van der Waals surface area (Å²) in [6.45, 7) is 3.77. The molecular weight excluding hydrogens is 384 g/mol. The maximum atomic E-state index is 13.1. The largest absolute Gasteiger partial charge is 0.416 e. The number of benzene rings is 2. The van der Waals surface area contributed by atoms with Crippen molar-refractivity contribution in [2.24, 2.45) is 5.92 Å². The van der Waals surface area contributed by atoms with E-state index >= 15 is 0 Å². The smallest absolute Gasteiger partial charge is 0.368 e. The molecule has 1 amide bonds. The lowest BCUT2D eigenvalue weighted by Crippen LogP contribution is -2.49. The molecule has 0 aromatic heterocycles. The first-order chi connectivity index (χ1) is 13.7. The fourth-order valence-electron chi connectivity index (χ4n) is 4.07. The molecule has 4 rings (SSSR count). The molecule has 2 atom stereocenters. The molecule has 154 valence electrons. The van der Waals surface area contributed by atoms with Gasteiger partial charge < -0.3 is 9.80 Å². The number of halogens is 4. The minimum atomic E-state index is -4.37. The number of carbonyl (C=O) groups excluding carboxylic acids is 1. The normalized spacial score (nSPS) is 22.0. The standard InChI is InChI=1S/C22H22F4N2O/c1-14-2-5-16(22(24,25)26)12-20(14)27-8-10-28(11-9-27)21(29)19-13-18(19)15-3-6-17(23)7-4-15/h2-7,12,18-19H,8-11,13H2,1H3/t18?,19-/m1/s1. The second-order valence-electron chi connectivity index (χ2n) is 7.81. The number of hydrogen-bond donors (Lipinski definition) is 0. The van der Waals surface area contributed by atoms with Crippen LogP contribution in [0.25, 0.3) is 0 Å². The molecule has 1 saturated carbocycles. The van der Waals surface area contributed by atoms with Gasteiger partial charge in [-0.25, -0.2) is 4.39 Å². The van der Waals surface area contributed by atoms with Crippen molar-refractivity contribution >= 4 is 11.6 Å². The van der Waals surface area contributed by atoms with Gasteiger partial charge in [0.05, 0.1) is 5.56 Å². The summed E-state index contributed by atoms with van der Waals surface area (Å²) in [6, 6.07) is 10.0. The van der Waals surface area contributed by atoms with E-state index in [1.165, 1.54) is 24.3 Å². The summed E-state index contributed by atoms with van der Waals surface area (Å²) >= 11 is 0. The third-order valence-electron chi connectivity index (χ3n) is 5.87. The summed E-state index contributed by atoms with van der Waals surface area (Å²) in [5.41, 5.74) is 1.68. The summed E-state index contributed by atoms with van der Waals surface area (Å²) in [4.78, 5) is 16.5. The Hall–Kier alpha value is -2.57. The lowest BCUT2D eigenvalue weighted by atomic mass is 10.1. The number of piperazine rings is 1. The van der Waals surface area contributed by atoms with Crippen LogP contribution in [0.1, 0.15) is 29.0 Å². The van der Waals surface area contributed by atoms with Crippen LogP contribution in [0.15, 0.2) is 42.5 Å². The molecule has 2 aromatic rings. The van der Waals surface area contributed by atoms with Crippen molar-refractivity contribution in [1.29, 1.82) is 0 Å². The summed E-state index contributed by atoms with van der Waals surface area (Å²) < 4.78 is 52.2. The molecule has 1 heterocycles. The van der Waals surface area contributed by atoms with Gasteiger partial charge in [-0.1, -0.05) is 18.2 Å². The molecule has 0 radical (unpaired) electrons. The zero-order valence-corrected chi connectivity index (χ0v) is 16.0. The molecule has 2 aliphatic rings. The summed E-state index contributed by atoms with van der Waals surface area (Å²) in [5, 5.41) is 0. The molecule has 3 nitrogen and oxygen atoms in total. The quantitative estimate of drug-likeness (QED) is 0.696. The Labute approximate surface area is 166 Å². The van der Waals surface area contributed by atoms with Crippen molar-refractivity contribution < 1.29 is 22.4 Å². The Balaban J connectivity index is 1.38. The van der Waals surface area contributed by atoms with Gasteiger partial charge in [-0.05, 0) is 54.7 Å². The Bertz CT molecular complexity index is 902. The van der Waals surface area contributed by atoms with E-state index in [0.717, 1.165) is 23.6 Å². The van der Waals surface area contributed by atoms with Gasteiger partial charge in [0.15, 0.2) is 0 Å². The highest BCUT2D eigenvalue weighted by atomic mass is 19.4. The number of nitrogens with zero attached hydrogens (tertiary/aromatic N) is 2.